The molecule has 0 aliphatic carbocycles. The predicted octanol–water partition coefficient (Wildman–Crippen LogP) is 0.821. The summed E-state index contributed by atoms with van der Waals surface area (Å²) in [6.45, 7) is 3.44. The van der Waals surface area contributed by atoms with Gasteiger partial charge in [0.2, 0.25) is 0 Å². The minimum Gasteiger partial charge on any atom is -0.288 e. The van der Waals surface area contributed by atoms with E-state index in [1.807, 2.05) is 12.3 Å². The Morgan fingerprint density at radius 2 is 2.33 bits per heavy atom. The SMILES string of the molecule is CC=[SH]C(C)=O. The molecule has 0 bridgehead atoms. The molecule has 0 heterocycles. The maximum absolute atomic E-state index is 10.0. The van der Waals surface area contributed by atoms with Crippen LogP contribution in [0.5, 0.6) is 0 Å². The van der Waals surface area contributed by atoms with Crippen LogP contribution in [0.1, 0.15) is 13.8 Å². The third-order valence-electron chi connectivity index (χ3n) is 0.311. The summed E-state index contributed by atoms with van der Waals surface area (Å²) in [6, 6.07) is 0. The van der Waals surface area contributed by atoms with Crippen LogP contribution >= 0.6 is 11.4 Å². The van der Waals surface area contributed by atoms with Gasteiger partial charge < -0.3 is 0 Å². The number of carbonyl (C=O) groups excluding carboxylic acids is 1. The van der Waals surface area contributed by atoms with Gasteiger partial charge in [-0.25, -0.2) is 0 Å². The van der Waals surface area contributed by atoms with Gasteiger partial charge in [-0.3, -0.25) is 4.79 Å². The molecule has 0 aromatic carbocycles. The molecule has 0 fully saturated rings. The molecule has 0 aromatic rings. The van der Waals surface area contributed by atoms with E-state index < -0.39 is 0 Å². The van der Waals surface area contributed by atoms with E-state index in [2.05, 4.69) is 0 Å². The molecule has 0 aromatic heterocycles. The second kappa shape index (κ2) is 3.09. The zero-order chi connectivity index (χ0) is 4.99. The zero-order valence-electron chi connectivity index (χ0n) is 3.93. The quantitative estimate of drug-likeness (QED) is 0.355. The molecule has 0 spiro atoms. The first-order chi connectivity index (χ1) is 2.77. The van der Waals surface area contributed by atoms with Gasteiger partial charge in [0.05, 0.1) is 0 Å². The van der Waals surface area contributed by atoms with E-state index in [9.17, 15) is 4.79 Å². The highest BCUT2D eigenvalue weighted by atomic mass is 32.1. The molecule has 0 aliphatic heterocycles. The summed E-state index contributed by atoms with van der Waals surface area (Å²) in [5.74, 6) is 0. The van der Waals surface area contributed by atoms with Crippen molar-refractivity contribution in [2.24, 2.45) is 0 Å². The Bertz CT molecular complexity index is 75.6. The molecule has 1 nitrogen and oxygen atoms in total. The highest BCUT2D eigenvalue weighted by Crippen LogP contribution is 1.81. The first kappa shape index (κ1) is 5.89. The first-order valence-electron chi connectivity index (χ1n) is 1.76. The summed E-state index contributed by atoms with van der Waals surface area (Å²) in [4.78, 5) is 10.0. The molecule has 0 rings (SSSR count). The van der Waals surface area contributed by atoms with E-state index in [0.29, 0.717) is 0 Å². The van der Waals surface area contributed by atoms with E-state index in [4.69, 9.17) is 0 Å². The van der Waals surface area contributed by atoms with Crippen LogP contribution in [0.4, 0.5) is 0 Å². The van der Waals surface area contributed by atoms with Crippen LogP contribution in [-0.2, 0) is 4.79 Å². The fourth-order valence-electron chi connectivity index (χ4n) is 0.182. The standard InChI is InChI=1S/C4H8OS/c1-3-6-4(2)5/h3,6H,1-2H3. The fourth-order valence-corrected chi connectivity index (χ4v) is 0.545. The highest BCUT2D eigenvalue weighted by molar-refractivity contribution is 8.11. The van der Waals surface area contributed by atoms with Crippen molar-refractivity contribution in [1.29, 1.82) is 0 Å². The normalized spacial score (nSPS) is 11.0. The predicted molar refractivity (Wildman–Crippen MR) is 31.4 cm³/mol. The fraction of sp³-hybridized carbons (Fsp3) is 0.500. The summed E-state index contributed by atoms with van der Waals surface area (Å²) in [7, 11) is 0. The highest BCUT2D eigenvalue weighted by Gasteiger charge is 1.71. The molecule has 36 valence electrons. The van der Waals surface area contributed by atoms with Gasteiger partial charge >= 0.3 is 0 Å². The number of hydrogen-bond donors (Lipinski definition) is 1. The number of carbonyl (C=O) groups is 1. The molecule has 0 unspecified atom stereocenters. The molecule has 0 atom stereocenters. The Morgan fingerprint density at radius 1 is 1.83 bits per heavy atom. The Balaban J connectivity index is 3.30. The summed E-state index contributed by atoms with van der Waals surface area (Å²) in [6.07, 6.45) is 0. The van der Waals surface area contributed by atoms with Crippen molar-refractivity contribution in [2.75, 3.05) is 0 Å². The maximum atomic E-state index is 10.0. The van der Waals surface area contributed by atoms with E-state index in [1.165, 1.54) is 0 Å². The van der Waals surface area contributed by atoms with Gasteiger partial charge in [0.25, 0.3) is 0 Å². The Morgan fingerprint density at radius 3 is 2.33 bits per heavy atom. The van der Waals surface area contributed by atoms with Crippen LogP contribution in [0.15, 0.2) is 0 Å². The van der Waals surface area contributed by atoms with E-state index in [0.717, 1.165) is 11.4 Å². The van der Waals surface area contributed by atoms with E-state index >= 15 is 0 Å². The number of rotatable bonds is 0. The summed E-state index contributed by atoms with van der Waals surface area (Å²) in [5, 5.41) is 2.03. The summed E-state index contributed by atoms with van der Waals surface area (Å²) < 4.78 is 0. The largest absolute Gasteiger partial charge is 0.288 e. The Hall–Kier alpha value is -0.110. The smallest absolute Gasteiger partial charge is 0.177 e. The molecule has 0 N–H and O–H groups in total. The van der Waals surface area contributed by atoms with Crippen LogP contribution in [-0.4, -0.2) is 10.5 Å². The number of hydrogen-bond acceptors (Lipinski definition) is 1. The molecular formula is C4H8OS. The third kappa shape index (κ3) is 3.89. The van der Waals surface area contributed by atoms with Crippen molar-refractivity contribution < 1.29 is 4.79 Å². The Labute approximate surface area is 41.3 Å². The van der Waals surface area contributed by atoms with Crippen molar-refractivity contribution in [3.8, 4) is 0 Å². The first-order valence-corrected chi connectivity index (χ1v) is 2.73. The lowest BCUT2D eigenvalue weighted by molar-refractivity contribution is -0.109. The Kier molecular flexibility index (Phi) is 3.04. The lowest BCUT2D eigenvalue weighted by Gasteiger charge is -1.70. The van der Waals surface area contributed by atoms with Gasteiger partial charge in [-0.05, 0) is 6.92 Å². The average molecular weight is 104 g/mol. The molecular weight excluding hydrogens is 96.1 g/mol. The lowest BCUT2D eigenvalue weighted by Crippen LogP contribution is -1.70. The summed E-state index contributed by atoms with van der Waals surface area (Å²) in [5.41, 5.74) is 0. The molecule has 2 heteroatoms. The van der Waals surface area contributed by atoms with Crippen molar-refractivity contribution in [3.05, 3.63) is 0 Å². The monoisotopic (exact) mass is 104 g/mol. The topological polar surface area (TPSA) is 17.1 Å². The minimum atomic E-state index is 0.206. The van der Waals surface area contributed by atoms with Crippen molar-refractivity contribution >= 4 is 21.8 Å². The van der Waals surface area contributed by atoms with Gasteiger partial charge in [-0.1, -0.05) is 5.37 Å². The average Bonchev–Trinajstić information content (AvgIpc) is 1.35. The molecule has 0 radical (unpaired) electrons. The van der Waals surface area contributed by atoms with Gasteiger partial charge in [0, 0.05) is 6.92 Å². The zero-order valence-corrected chi connectivity index (χ0v) is 4.83. The van der Waals surface area contributed by atoms with Crippen LogP contribution < -0.4 is 0 Å². The van der Waals surface area contributed by atoms with Crippen molar-refractivity contribution in [2.45, 2.75) is 13.8 Å². The van der Waals surface area contributed by atoms with Crippen molar-refractivity contribution in [3.63, 3.8) is 0 Å². The van der Waals surface area contributed by atoms with Crippen LogP contribution in [0.2, 0.25) is 0 Å². The number of thiol groups is 1. The van der Waals surface area contributed by atoms with E-state index in [1.54, 1.807) is 6.92 Å². The molecule has 6 heavy (non-hydrogen) atoms. The minimum absolute atomic E-state index is 0.206. The van der Waals surface area contributed by atoms with Gasteiger partial charge in [0.1, 0.15) is 0 Å². The van der Waals surface area contributed by atoms with Gasteiger partial charge in [-0.2, -0.15) is 0 Å². The summed E-state index contributed by atoms with van der Waals surface area (Å²) >= 11 is 0.815. The van der Waals surface area contributed by atoms with Gasteiger partial charge in [0.15, 0.2) is 5.12 Å². The van der Waals surface area contributed by atoms with E-state index in [-0.39, 0.29) is 5.12 Å². The van der Waals surface area contributed by atoms with Crippen LogP contribution in [0, 0.1) is 0 Å². The second-order valence-corrected chi connectivity index (χ2v) is 2.31. The van der Waals surface area contributed by atoms with Crippen LogP contribution in [0.3, 0.4) is 0 Å². The van der Waals surface area contributed by atoms with Gasteiger partial charge in [-0.15, -0.1) is 11.4 Å². The lowest BCUT2D eigenvalue weighted by atomic mass is 10.9. The molecule has 0 aliphatic rings. The third-order valence-corrected chi connectivity index (χ3v) is 0.933. The van der Waals surface area contributed by atoms with Crippen LogP contribution in [0.25, 0.3) is 0 Å². The molecule has 0 saturated heterocycles. The molecule has 0 saturated carbocycles. The second-order valence-electron chi connectivity index (χ2n) is 0.906. The van der Waals surface area contributed by atoms with Crippen molar-refractivity contribution in [1.82, 2.24) is 0 Å². The maximum Gasteiger partial charge on any atom is 0.177 e. The molecule has 0 amide bonds.